The highest BCUT2D eigenvalue weighted by Crippen LogP contribution is 2.33. The predicted octanol–water partition coefficient (Wildman–Crippen LogP) is 2.55. The Balaban J connectivity index is 0.000000256. The minimum atomic E-state index is -5.19. The van der Waals surface area contributed by atoms with Crippen molar-refractivity contribution in [2.24, 2.45) is 5.92 Å². The SMILES string of the molecule is O=C([O-])C(F)(F)F.c1ccc(CCC[N+]23CCC(CC2)CC3)cc1. The van der Waals surface area contributed by atoms with Crippen LogP contribution < -0.4 is 5.11 Å². The Morgan fingerprint density at radius 2 is 1.58 bits per heavy atom. The number of aryl methyl sites for hydroxylation is 1. The van der Waals surface area contributed by atoms with Gasteiger partial charge in [-0.2, -0.15) is 13.2 Å². The van der Waals surface area contributed by atoms with Crippen LogP contribution in [0.5, 0.6) is 0 Å². The second-order valence-corrected chi connectivity index (χ2v) is 6.84. The zero-order valence-electron chi connectivity index (χ0n) is 13.7. The number of aliphatic carboxylic acids is 1. The molecule has 0 spiro atoms. The smallest absolute Gasteiger partial charge is 0.430 e. The van der Waals surface area contributed by atoms with E-state index in [4.69, 9.17) is 9.90 Å². The van der Waals surface area contributed by atoms with Gasteiger partial charge < -0.3 is 14.4 Å². The minimum Gasteiger partial charge on any atom is -0.542 e. The zero-order valence-corrected chi connectivity index (χ0v) is 13.7. The second-order valence-electron chi connectivity index (χ2n) is 6.84. The van der Waals surface area contributed by atoms with Crippen molar-refractivity contribution >= 4 is 5.97 Å². The lowest BCUT2D eigenvalue weighted by atomic mass is 9.85. The van der Waals surface area contributed by atoms with E-state index >= 15 is 0 Å². The van der Waals surface area contributed by atoms with Crippen LogP contribution in [0, 0.1) is 5.92 Å². The van der Waals surface area contributed by atoms with E-state index in [1.165, 1.54) is 68.3 Å². The molecule has 3 saturated heterocycles. The van der Waals surface area contributed by atoms with E-state index in [1.54, 1.807) is 0 Å². The molecule has 4 rings (SSSR count). The number of halogens is 3. The Bertz CT molecular complexity index is 509. The number of carboxylic acids is 1. The van der Waals surface area contributed by atoms with E-state index in [2.05, 4.69) is 30.3 Å². The summed E-state index contributed by atoms with van der Waals surface area (Å²) in [5.41, 5.74) is 1.51. The molecule has 0 aromatic heterocycles. The maximum Gasteiger partial charge on any atom is 0.430 e. The van der Waals surface area contributed by atoms with Crippen LogP contribution in [-0.4, -0.2) is 42.8 Å². The van der Waals surface area contributed by atoms with Crippen LogP contribution >= 0.6 is 0 Å². The molecule has 134 valence electrons. The molecule has 0 radical (unpaired) electrons. The van der Waals surface area contributed by atoms with Crippen molar-refractivity contribution in [2.45, 2.75) is 38.3 Å². The molecule has 0 atom stereocenters. The van der Waals surface area contributed by atoms with Crippen LogP contribution in [0.2, 0.25) is 0 Å². The summed E-state index contributed by atoms with van der Waals surface area (Å²) in [6.07, 6.45) is 1.96. The first kappa shape index (κ1) is 18.8. The Morgan fingerprint density at radius 1 is 1.08 bits per heavy atom. The number of alkyl halides is 3. The normalized spacial score (nSPS) is 25.7. The summed E-state index contributed by atoms with van der Waals surface area (Å²) in [5.74, 6) is -1.92. The summed E-state index contributed by atoms with van der Waals surface area (Å²) in [4.78, 5) is 8.78. The van der Waals surface area contributed by atoms with Gasteiger partial charge in [-0.05, 0) is 37.2 Å². The summed E-state index contributed by atoms with van der Waals surface area (Å²) in [5, 5.41) is 8.78. The Morgan fingerprint density at radius 3 is 2.04 bits per heavy atom. The van der Waals surface area contributed by atoms with Gasteiger partial charge in [0.15, 0.2) is 0 Å². The number of fused-ring (bicyclic) bond motifs is 3. The van der Waals surface area contributed by atoms with Gasteiger partial charge in [0, 0.05) is 6.42 Å². The highest BCUT2D eigenvalue weighted by Gasteiger charge is 2.38. The van der Waals surface area contributed by atoms with Crippen molar-refractivity contribution in [1.29, 1.82) is 0 Å². The molecule has 6 heteroatoms. The van der Waals surface area contributed by atoms with Gasteiger partial charge in [0.2, 0.25) is 0 Å². The number of carbonyl (C=O) groups excluding carboxylic acids is 1. The van der Waals surface area contributed by atoms with Crippen LogP contribution in [0.1, 0.15) is 31.2 Å². The van der Waals surface area contributed by atoms with Gasteiger partial charge in [0.25, 0.3) is 0 Å². The van der Waals surface area contributed by atoms with Gasteiger partial charge >= 0.3 is 6.18 Å². The Hall–Kier alpha value is -1.56. The van der Waals surface area contributed by atoms with Crippen molar-refractivity contribution in [3.05, 3.63) is 35.9 Å². The van der Waals surface area contributed by atoms with E-state index in [1.807, 2.05) is 0 Å². The number of hydrogen-bond acceptors (Lipinski definition) is 2. The third kappa shape index (κ3) is 5.51. The zero-order chi connectivity index (χ0) is 17.6. The molecular formula is C18H24F3NO2. The molecule has 0 amide bonds. The summed E-state index contributed by atoms with van der Waals surface area (Å²) in [7, 11) is 0. The maximum absolute atomic E-state index is 10.5. The Kier molecular flexibility index (Phi) is 6.27. The molecule has 1 aromatic rings. The maximum atomic E-state index is 10.5. The standard InChI is InChI=1S/C16H24N.C2HF3O2/c1-2-5-15(6-3-1)7-4-11-17-12-8-16(9-13-17)10-14-17;3-2(4,5)1(6)7/h1-3,5-6,16H,4,7-14H2;(H,6,7)/q+1;/p-1. The van der Waals surface area contributed by atoms with E-state index in [0.29, 0.717) is 0 Å². The molecule has 0 aliphatic carbocycles. The second kappa shape index (κ2) is 8.01. The Labute approximate surface area is 140 Å². The largest absolute Gasteiger partial charge is 0.542 e. The van der Waals surface area contributed by atoms with E-state index < -0.39 is 12.1 Å². The highest BCUT2D eigenvalue weighted by molar-refractivity contribution is 5.70. The van der Waals surface area contributed by atoms with Crippen LogP contribution in [0.15, 0.2) is 30.3 Å². The number of rotatable bonds is 4. The van der Waals surface area contributed by atoms with Gasteiger partial charge in [0.05, 0.1) is 26.2 Å². The lowest BCUT2D eigenvalue weighted by molar-refractivity contribution is -0.942. The fourth-order valence-corrected chi connectivity index (χ4v) is 3.74. The number of nitrogens with zero attached hydrogens (tertiary/aromatic N) is 1. The molecule has 2 bridgehead atoms. The molecule has 3 fully saturated rings. The fraction of sp³-hybridized carbons (Fsp3) is 0.611. The van der Waals surface area contributed by atoms with Crippen molar-refractivity contribution in [2.75, 3.05) is 26.2 Å². The fourth-order valence-electron chi connectivity index (χ4n) is 3.74. The molecule has 1 aromatic carbocycles. The first-order valence-corrected chi connectivity index (χ1v) is 8.48. The number of quaternary nitrogens is 1. The van der Waals surface area contributed by atoms with Crippen molar-refractivity contribution in [1.82, 2.24) is 0 Å². The van der Waals surface area contributed by atoms with Crippen molar-refractivity contribution in [3.8, 4) is 0 Å². The molecule has 3 aliphatic heterocycles. The molecular weight excluding hydrogens is 319 g/mol. The summed E-state index contributed by atoms with van der Waals surface area (Å²) in [6.45, 7) is 5.83. The first-order chi connectivity index (χ1) is 11.3. The molecule has 0 unspecified atom stereocenters. The van der Waals surface area contributed by atoms with E-state index in [0.717, 1.165) is 5.92 Å². The summed E-state index contributed by atoms with van der Waals surface area (Å²) < 4.78 is 33.0. The van der Waals surface area contributed by atoms with Crippen LogP contribution in [0.3, 0.4) is 0 Å². The van der Waals surface area contributed by atoms with Crippen molar-refractivity contribution in [3.63, 3.8) is 0 Å². The highest BCUT2D eigenvalue weighted by atomic mass is 19.4. The third-order valence-electron chi connectivity index (χ3n) is 5.21. The monoisotopic (exact) mass is 343 g/mol. The lowest BCUT2D eigenvalue weighted by Gasteiger charge is -2.49. The number of carboxylic acid groups (broad SMARTS) is 1. The van der Waals surface area contributed by atoms with Crippen LogP contribution in [0.4, 0.5) is 13.2 Å². The van der Waals surface area contributed by atoms with Crippen molar-refractivity contribution < 1.29 is 27.6 Å². The first-order valence-electron chi connectivity index (χ1n) is 8.48. The molecule has 24 heavy (non-hydrogen) atoms. The van der Waals surface area contributed by atoms with Gasteiger partial charge in [-0.15, -0.1) is 0 Å². The van der Waals surface area contributed by atoms with Crippen LogP contribution in [-0.2, 0) is 11.2 Å². The molecule has 0 N–H and O–H groups in total. The van der Waals surface area contributed by atoms with Gasteiger partial charge in [-0.3, -0.25) is 0 Å². The average molecular weight is 343 g/mol. The summed E-state index contributed by atoms with van der Waals surface area (Å²) >= 11 is 0. The third-order valence-corrected chi connectivity index (χ3v) is 5.21. The summed E-state index contributed by atoms with van der Waals surface area (Å²) in [6, 6.07) is 11.0. The molecule has 0 saturated carbocycles. The van der Waals surface area contributed by atoms with Gasteiger partial charge in [-0.1, -0.05) is 30.3 Å². The lowest BCUT2D eigenvalue weighted by Crippen LogP contribution is -2.58. The van der Waals surface area contributed by atoms with E-state index in [-0.39, 0.29) is 0 Å². The number of piperidine rings is 3. The predicted molar refractivity (Wildman–Crippen MR) is 82.9 cm³/mol. The van der Waals surface area contributed by atoms with E-state index in [9.17, 15) is 13.2 Å². The van der Waals surface area contributed by atoms with Crippen LogP contribution in [0.25, 0.3) is 0 Å². The average Bonchev–Trinajstić information content (AvgIpc) is 2.57. The number of benzene rings is 1. The topological polar surface area (TPSA) is 40.1 Å². The minimum absolute atomic E-state index is 1.09. The molecule has 3 nitrogen and oxygen atoms in total. The van der Waals surface area contributed by atoms with Gasteiger partial charge in [0.1, 0.15) is 5.97 Å². The quantitative estimate of drug-likeness (QED) is 0.789. The van der Waals surface area contributed by atoms with Gasteiger partial charge in [-0.25, -0.2) is 0 Å². The molecule has 3 aliphatic rings. The number of carbonyl (C=O) groups is 1. The number of hydrogen-bond donors (Lipinski definition) is 0. The molecule has 3 heterocycles.